The molecule has 0 bridgehead atoms. The highest BCUT2D eigenvalue weighted by Gasteiger charge is 2.40. The highest BCUT2D eigenvalue weighted by molar-refractivity contribution is 5.26. The van der Waals surface area contributed by atoms with E-state index in [1.165, 1.54) is 0 Å². The van der Waals surface area contributed by atoms with Gasteiger partial charge >= 0.3 is 0 Å². The second kappa shape index (κ2) is 7.47. The van der Waals surface area contributed by atoms with Crippen LogP contribution in [0.15, 0.2) is 35.9 Å². The first kappa shape index (κ1) is 18.0. The van der Waals surface area contributed by atoms with E-state index in [4.69, 9.17) is 14.2 Å². The van der Waals surface area contributed by atoms with Gasteiger partial charge in [0, 0.05) is 7.11 Å². The molecule has 1 N–H and O–H groups in total. The molecule has 0 aromatic heterocycles. The molecule has 0 aliphatic heterocycles. The molecule has 23 heavy (non-hydrogen) atoms. The molecule has 1 aromatic rings. The summed E-state index contributed by atoms with van der Waals surface area (Å²) < 4.78 is 17.0. The highest BCUT2D eigenvalue weighted by atomic mass is 16.5. The number of benzene rings is 1. The molecular weight excluding hydrogens is 292 g/mol. The van der Waals surface area contributed by atoms with Crippen LogP contribution >= 0.6 is 0 Å². The zero-order valence-corrected chi connectivity index (χ0v) is 14.7. The van der Waals surface area contributed by atoms with E-state index >= 15 is 0 Å². The Balaban J connectivity index is 2.13. The summed E-state index contributed by atoms with van der Waals surface area (Å²) in [7, 11) is 3.36. The molecule has 3 unspecified atom stereocenters. The zero-order chi connectivity index (χ0) is 17.0. The van der Waals surface area contributed by atoms with Crippen molar-refractivity contribution >= 4 is 0 Å². The highest BCUT2D eigenvalue weighted by Crippen LogP contribution is 2.37. The normalized spacial score (nSPS) is 27.2. The summed E-state index contributed by atoms with van der Waals surface area (Å²) in [5.74, 6) is 0.831. The molecule has 1 aliphatic carbocycles. The second-order valence-corrected chi connectivity index (χ2v) is 6.90. The predicted molar refractivity (Wildman–Crippen MR) is 90.5 cm³/mol. The molecule has 1 aliphatic rings. The van der Waals surface area contributed by atoms with E-state index in [0.29, 0.717) is 13.0 Å². The lowest BCUT2D eigenvalue weighted by molar-refractivity contribution is -0.0955. The minimum absolute atomic E-state index is 0.104. The lowest BCUT2D eigenvalue weighted by Crippen LogP contribution is -2.41. The molecule has 1 aromatic carbocycles. The third kappa shape index (κ3) is 4.34. The van der Waals surface area contributed by atoms with E-state index in [1.54, 1.807) is 14.2 Å². The van der Waals surface area contributed by atoms with Crippen molar-refractivity contribution in [2.75, 3.05) is 14.2 Å². The van der Waals surface area contributed by atoms with Crippen molar-refractivity contribution in [3.05, 3.63) is 41.5 Å². The van der Waals surface area contributed by atoms with Crippen LogP contribution in [-0.4, -0.2) is 37.6 Å². The first-order valence-electron chi connectivity index (χ1n) is 8.01. The summed E-state index contributed by atoms with van der Waals surface area (Å²) in [4.78, 5) is 0. The van der Waals surface area contributed by atoms with E-state index in [-0.39, 0.29) is 17.6 Å². The lowest BCUT2D eigenvalue weighted by Gasteiger charge is -2.36. The molecule has 0 saturated carbocycles. The molecule has 2 rings (SSSR count). The Kier molecular flexibility index (Phi) is 5.84. The van der Waals surface area contributed by atoms with Gasteiger partial charge in [-0.05, 0) is 42.0 Å². The molecule has 0 fully saturated rings. The number of aliphatic hydroxyl groups is 1. The Hall–Kier alpha value is -1.36. The monoisotopic (exact) mass is 320 g/mol. The van der Waals surface area contributed by atoms with E-state index in [1.807, 2.05) is 37.3 Å². The Morgan fingerprint density at radius 3 is 2.39 bits per heavy atom. The standard InChI is InChI=1S/C19H28O4/c1-13-10-17(18(22-5)19(2,3)11-16(13)20)23-12-14-6-8-15(21-4)9-7-14/h6-10,16-18,20H,11-12H2,1-5H3. The van der Waals surface area contributed by atoms with Gasteiger partial charge in [0.15, 0.2) is 0 Å². The molecule has 0 saturated heterocycles. The fourth-order valence-electron chi connectivity index (χ4n) is 3.18. The van der Waals surface area contributed by atoms with Crippen molar-refractivity contribution in [1.82, 2.24) is 0 Å². The van der Waals surface area contributed by atoms with Gasteiger partial charge in [0.1, 0.15) is 11.9 Å². The lowest BCUT2D eigenvalue weighted by atomic mass is 9.80. The van der Waals surface area contributed by atoms with Gasteiger partial charge in [-0.1, -0.05) is 32.1 Å². The van der Waals surface area contributed by atoms with Crippen molar-refractivity contribution < 1.29 is 19.3 Å². The maximum Gasteiger partial charge on any atom is 0.118 e. The summed E-state index contributed by atoms with van der Waals surface area (Å²) in [6.07, 6.45) is 1.92. The molecule has 0 amide bonds. The largest absolute Gasteiger partial charge is 0.497 e. The van der Waals surface area contributed by atoms with Crippen molar-refractivity contribution in [3.8, 4) is 5.75 Å². The average molecular weight is 320 g/mol. The van der Waals surface area contributed by atoms with Crippen LogP contribution < -0.4 is 4.74 Å². The summed E-state index contributed by atoms with van der Waals surface area (Å²) in [5.41, 5.74) is 1.85. The first-order valence-corrected chi connectivity index (χ1v) is 8.01. The second-order valence-electron chi connectivity index (χ2n) is 6.90. The van der Waals surface area contributed by atoms with Crippen LogP contribution in [0.5, 0.6) is 5.75 Å². The molecule has 0 radical (unpaired) electrons. The SMILES string of the molecule is COc1ccc(COC2C=C(C)C(O)CC(C)(C)C2OC)cc1. The summed E-state index contributed by atoms with van der Waals surface area (Å²) in [6, 6.07) is 7.84. The van der Waals surface area contributed by atoms with E-state index in [2.05, 4.69) is 13.8 Å². The predicted octanol–water partition coefficient (Wildman–Crippen LogP) is 3.33. The zero-order valence-electron chi connectivity index (χ0n) is 14.7. The molecule has 0 heterocycles. The van der Waals surface area contributed by atoms with Crippen LogP contribution in [0.25, 0.3) is 0 Å². The minimum atomic E-state index is -0.447. The van der Waals surface area contributed by atoms with Gasteiger partial charge in [-0.3, -0.25) is 0 Å². The molecule has 4 heteroatoms. The third-order valence-corrected chi connectivity index (χ3v) is 4.60. The fraction of sp³-hybridized carbons (Fsp3) is 0.579. The van der Waals surface area contributed by atoms with Gasteiger partial charge < -0.3 is 19.3 Å². The molecule has 128 valence electrons. The van der Waals surface area contributed by atoms with Crippen LogP contribution in [-0.2, 0) is 16.1 Å². The quantitative estimate of drug-likeness (QED) is 0.845. The van der Waals surface area contributed by atoms with Gasteiger partial charge in [-0.25, -0.2) is 0 Å². The first-order chi connectivity index (χ1) is 10.9. The number of ether oxygens (including phenoxy) is 3. The topological polar surface area (TPSA) is 47.9 Å². The maximum atomic E-state index is 10.3. The van der Waals surface area contributed by atoms with E-state index < -0.39 is 6.10 Å². The van der Waals surface area contributed by atoms with Crippen LogP contribution in [0.2, 0.25) is 0 Å². The molecular formula is C19H28O4. The Bertz CT molecular complexity index is 533. The van der Waals surface area contributed by atoms with Crippen LogP contribution in [0, 0.1) is 5.41 Å². The van der Waals surface area contributed by atoms with Gasteiger partial charge in [0.25, 0.3) is 0 Å². The van der Waals surface area contributed by atoms with Gasteiger partial charge in [-0.2, -0.15) is 0 Å². The summed E-state index contributed by atoms with van der Waals surface area (Å²) in [6.45, 7) is 6.66. The maximum absolute atomic E-state index is 10.3. The number of aliphatic hydroxyl groups excluding tert-OH is 1. The van der Waals surface area contributed by atoms with Crippen LogP contribution in [0.3, 0.4) is 0 Å². The van der Waals surface area contributed by atoms with Gasteiger partial charge in [-0.15, -0.1) is 0 Å². The number of methoxy groups -OCH3 is 2. The van der Waals surface area contributed by atoms with Crippen molar-refractivity contribution in [2.45, 2.75) is 52.1 Å². The average Bonchev–Trinajstić information content (AvgIpc) is 2.60. The van der Waals surface area contributed by atoms with Crippen LogP contribution in [0.4, 0.5) is 0 Å². The molecule has 4 nitrogen and oxygen atoms in total. The number of hydrogen-bond acceptors (Lipinski definition) is 4. The van der Waals surface area contributed by atoms with Crippen molar-refractivity contribution in [3.63, 3.8) is 0 Å². The number of rotatable bonds is 5. The Morgan fingerprint density at radius 1 is 1.17 bits per heavy atom. The van der Waals surface area contributed by atoms with Gasteiger partial charge in [0.2, 0.25) is 0 Å². The third-order valence-electron chi connectivity index (χ3n) is 4.60. The van der Waals surface area contributed by atoms with Gasteiger partial charge in [0.05, 0.1) is 25.9 Å². The van der Waals surface area contributed by atoms with E-state index in [9.17, 15) is 5.11 Å². The van der Waals surface area contributed by atoms with E-state index in [0.717, 1.165) is 16.9 Å². The Labute approximate surface area is 139 Å². The molecule has 3 atom stereocenters. The molecule has 0 spiro atoms. The summed E-state index contributed by atoms with van der Waals surface area (Å²) in [5, 5.41) is 10.3. The van der Waals surface area contributed by atoms with Crippen molar-refractivity contribution in [2.24, 2.45) is 5.41 Å². The smallest absolute Gasteiger partial charge is 0.118 e. The fourth-order valence-corrected chi connectivity index (χ4v) is 3.18. The number of hydrogen-bond donors (Lipinski definition) is 1. The van der Waals surface area contributed by atoms with Crippen LogP contribution in [0.1, 0.15) is 32.8 Å². The minimum Gasteiger partial charge on any atom is -0.497 e. The summed E-state index contributed by atoms with van der Waals surface area (Å²) >= 11 is 0. The Morgan fingerprint density at radius 2 is 1.83 bits per heavy atom. The van der Waals surface area contributed by atoms with Crippen molar-refractivity contribution in [1.29, 1.82) is 0 Å².